The lowest BCUT2D eigenvalue weighted by molar-refractivity contribution is -0.142. The molecule has 0 aliphatic carbocycles. The second-order valence-electron chi connectivity index (χ2n) is 2.59. The van der Waals surface area contributed by atoms with Crippen molar-refractivity contribution in [2.45, 2.75) is 25.4 Å². The number of carbonyl (C=O) groups excluding carboxylic acids is 2. The number of aldehydes is 1. The maximum Gasteiger partial charge on any atom is 0.326 e. The molecule has 2 atom stereocenters. The zero-order valence-corrected chi connectivity index (χ0v) is 7.19. The summed E-state index contributed by atoms with van der Waals surface area (Å²) in [4.78, 5) is 31.4. The molecule has 0 aromatic rings. The number of carbonyl (C=O) groups is 3. The molecular weight excluding hydrogens is 176 g/mol. The maximum atomic E-state index is 10.9. The molecule has 6 nitrogen and oxygen atoms in total. The zero-order valence-electron chi connectivity index (χ0n) is 7.19. The Kier molecular flexibility index (Phi) is 4.68. The molecule has 0 fully saturated rings. The summed E-state index contributed by atoms with van der Waals surface area (Å²) in [5.41, 5.74) is 5.19. The van der Waals surface area contributed by atoms with Crippen molar-refractivity contribution < 1.29 is 19.5 Å². The first kappa shape index (κ1) is 11.6. The van der Waals surface area contributed by atoms with Crippen LogP contribution in [0.1, 0.15) is 13.3 Å². The molecule has 0 spiro atoms. The molecule has 6 heteroatoms. The molecule has 0 heterocycles. The molecule has 1 amide bonds. The lowest BCUT2D eigenvalue weighted by atomic mass is 10.2. The van der Waals surface area contributed by atoms with E-state index in [-0.39, 0.29) is 6.42 Å². The van der Waals surface area contributed by atoms with Crippen LogP contribution in [0.4, 0.5) is 0 Å². The van der Waals surface area contributed by atoms with Gasteiger partial charge in [-0.15, -0.1) is 0 Å². The molecule has 0 saturated heterocycles. The number of nitrogens with two attached hydrogens (primary N) is 1. The number of hydrogen-bond acceptors (Lipinski definition) is 4. The van der Waals surface area contributed by atoms with Gasteiger partial charge in [0.2, 0.25) is 5.91 Å². The van der Waals surface area contributed by atoms with E-state index in [1.54, 1.807) is 0 Å². The van der Waals surface area contributed by atoms with Gasteiger partial charge in [-0.25, -0.2) is 4.79 Å². The van der Waals surface area contributed by atoms with Crippen LogP contribution in [-0.4, -0.2) is 35.4 Å². The number of hydrogen-bond donors (Lipinski definition) is 3. The van der Waals surface area contributed by atoms with E-state index in [0.717, 1.165) is 0 Å². The number of rotatable bonds is 5. The van der Waals surface area contributed by atoms with Crippen molar-refractivity contribution in [3.8, 4) is 0 Å². The third-order valence-corrected chi connectivity index (χ3v) is 1.36. The summed E-state index contributed by atoms with van der Waals surface area (Å²) in [7, 11) is 0. The maximum absolute atomic E-state index is 10.9. The smallest absolute Gasteiger partial charge is 0.326 e. The lowest BCUT2D eigenvalue weighted by Gasteiger charge is -2.12. The number of carboxylic acids is 1. The van der Waals surface area contributed by atoms with E-state index in [1.165, 1.54) is 6.92 Å². The summed E-state index contributed by atoms with van der Waals surface area (Å²) in [6.07, 6.45) is 0.175. The SMILES string of the molecule is C[C@H](N)C(=O)N[C@@H](CC=O)C(=O)O. The Morgan fingerprint density at radius 2 is 2.15 bits per heavy atom. The van der Waals surface area contributed by atoms with Gasteiger partial charge in [0.05, 0.1) is 6.04 Å². The van der Waals surface area contributed by atoms with Crippen molar-refractivity contribution >= 4 is 18.2 Å². The van der Waals surface area contributed by atoms with Gasteiger partial charge in [0.25, 0.3) is 0 Å². The molecule has 0 radical (unpaired) electrons. The number of carboxylic acid groups (broad SMARTS) is 1. The van der Waals surface area contributed by atoms with Crippen molar-refractivity contribution in [3.63, 3.8) is 0 Å². The van der Waals surface area contributed by atoms with E-state index in [4.69, 9.17) is 10.8 Å². The minimum absolute atomic E-state index is 0.256. The quantitative estimate of drug-likeness (QED) is 0.454. The van der Waals surface area contributed by atoms with Crippen LogP contribution in [0.25, 0.3) is 0 Å². The molecule has 4 N–H and O–H groups in total. The summed E-state index contributed by atoms with van der Waals surface area (Å²) in [6.45, 7) is 1.43. The number of nitrogens with one attached hydrogen (secondary N) is 1. The molecular formula is C7H12N2O4. The van der Waals surface area contributed by atoms with Crippen LogP contribution in [0.5, 0.6) is 0 Å². The predicted octanol–water partition coefficient (Wildman–Crippen LogP) is -1.51. The topological polar surface area (TPSA) is 109 Å². The Bertz CT molecular complexity index is 215. The molecule has 0 aliphatic heterocycles. The largest absolute Gasteiger partial charge is 0.480 e. The summed E-state index contributed by atoms with van der Waals surface area (Å²) in [5, 5.41) is 10.6. The van der Waals surface area contributed by atoms with Crippen molar-refractivity contribution in [1.29, 1.82) is 0 Å². The summed E-state index contributed by atoms with van der Waals surface area (Å²) in [6, 6.07) is -1.97. The van der Waals surface area contributed by atoms with E-state index in [2.05, 4.69) is 5.32 Å². The van der Waals surface area contributed by atoms with Gasteiger partial charge in [0.15, 0.2) is 0 Å². The second-order valence-corrected chi connectivity index (χ2v) is 2.59. The van der Waals surface area contributed by atoms with Gasteiger partial charge in [-0.1, -0.05) is 0 Å². The summed E-state index contributed by atoms with van der Waals surface area (Å²) < 4.78 is 0. The fourth-order valence-corrected chi connectivity index (χ4v) is 0.621. The third kappa shape index (κ3) is 4.22. The van der Waals surface area contributed by atoms with Gasteiger partial charge in [-0.3, -0.25) is 4.79 Å². The minimum Gasteiger partial charge on any atom is -0.480 e. The van der Waals surface area contributed by atoms with Crippen LogP contribution in [0, 0.1) is 0 Å². The first-order valence-electron chi connectivity index (χ1n) is 3.71. The zero-order chi connectivity index (χ0) is 10.4. The van der Waals surface area contributed by atoms with E-state index < -0.39 is 24.0 Å². The number of aliphatic carboxylic acids is 1. The van der Waals surface area contributed by atoms with Crippen LogP contribution in [0.15, 0.2) is 0 Å². The average molecular weight is 188 g/mol. The van der Waals surface area contributed by atoms with E-state index in [1.807, 2.05) is 0 Å². The van der Waals surface area contributed by atoms with Gasteiger partial charge in [-0.2, -0.15) is 0 Å². The second kappa shape index (κ2) is 5.26. The monoisotopic (exact) mass is 188 g/mol. The first-order valence-corrected chi connectivity index (χ1v) is 3.71. The van der Waals surface area contributed by atoms with Crippen LogP contribution >= 0.6 is 0 Å². The highest BCUT2D eigenvalue weighted by Crippen LogP contribution is 1.90. The van der Waals surface area contributed by atoms with Crippen LogP contribution < -0.4 is 11.1 Å². The Labute approximate surface area is 75.1 Å². The third-order valence-electron chi connectivity index (χ3n) is 1.36. The predicted molar refractivity (Wildman–Crippen MR) is 43.9 cm³/mol. The average Bonchev–Trinajstić information content (AvgIpc) is 2.03. The highest BCUT2D eigenvalue weighted by Gasteiger charge is 2.20. The van der Waals surface area contributed by atoms with E-state index in [0.29, 0.717) is 6.29 Å². The highest BCUT2D eigenvalue weighted by molar-refractivity contribution is 5.87. The highest BCUT2D eigenvalue weighted by atomic mass is 16.4. The van der Waals surface area contributed by atoms with Gasteiger partial charge in [0, 0.05) is 6.42 Å². The molecule has 0 aliphatic rings. The normalized spacial score (nSPS) is 14.3. The summed E-state index contributed by atoms with van der Waals surface area (Å²) >= 11 is 0. The first-order chi connectivity index (χ1) is 5.99. The lowest BCUT2D eigenvalue weighted by Crippen LogP contribution is -2.47. The Balaban J connectivity index is 4.17. The van der Waals surface area contributed by atoms with Crippen LogP contribution in [-0.2, 0) is 14.4 Å². The van der Waals surface area contributed by atoms with E-state index >= 15 is 0 Å². The molecule has 0 aromatic carbocycles. The Morgan fingerprint density at radius 3 is 2.46 bits per heavy atom. The molecule has 74 valence electrons. The molecule has 0 aromatic heterocycles. The van der Waals surface area contributed by atoms with Crippen molar-refractivity contribution in [2.24, 2.45) is 5.73 Å². The van der Waals surface area contributed by atoms with Crippen molar-refractivity contribution in [2.75, 3.05) is 0 Å². The molecule has 0 bridgehead atoms. The fourth-order valence-electron chi connectivity index (χ4n) is 0.621. The molecule has 0 saturated carbocycles. The molecule has 13 heavy (non-hydrogen) atoms. The summed E-state index contributed by atoms with van der Waals surface area (Å²) in [5.74, 6) is -1.84. The van der Waals surface area contributed by atoms with E-state index in [9.17, 15) is 14.4 Å². The minimum atomic E-state index is -1.25. The van der Waals surface area contributed by atoms with Gasteiger partial charge < -0.3 is 21.0 Å². The van der Waals surface area contributed by atoms with Crippen LogP contribution in [0.3, 0.4) is 0 Å². The standard InChI is InChI=1S/C7H12N2O4/c1-4(8)6(11)9-5(2-3-10)7(12)13/h3-5H,2,8H2,1H3,(H,9,11)(H,12,13)/t4-,5-/m0/s1. The van der Waals surface area contributed by atoms with Crippen LogP contribution in [0.2, 0.25) is 0 Å². The van der Waals surface area contributed by atoms with Gasteiger partial charge >= 0.3 is 5.97 Å². The number of amides is 1. The fraction of sp³-hybridized carbons (Fsp3) is 0.571. The van der Waals surface area contributed by atoms with Gasteiger partial charge in [0.1, 0.15) is 12.3 Å². The van der Waals surface area contributed by atoms with Crippen molar-refractivity contribution in [3.05, 3.63) is 0 Å². The Hall–Kier alpha value is -1.43. The Morgan fingerprint density at radius 1 is 1.62 bits per heavy atom. The molecule has 0 rings (SSSR count). The molecule has 0 unspecified atom stereocenters. The van der Waals surface area contributed by atoms with Crippen molar-refractivity contribution in [1.82, 2.24) is 5.32 Å². The van der Waals surface area contributed by atoms with Gasteiger partial charge in [-0.05, 0) is 6.92 Å².